The van der Waals surface area contributed by atoms with Gasteiger partial charge in [-0.1, -0.05) is 0 Å². The van der Waals surface area contributed by atoms with E-state index >= 15 is 0 Å². The summed E-state index contributed by atoms with van der Waals surface area (Å²) in [6, 6.07) is 0. The van der Waals surface area contributed by atoms with E-state index in [1.54, 1.807) is 0 Å². The van der Waals surface area contributed by atoms with Crippen LogP contribution < -0.4 is 0 Å². The zero-order valence-electron chi connectivity index (χ0n) is 7.15. The van der Waals surface area contributed by atoms with Crippen molar-refractivity contribution in [3.05, 3.63) is 0 Å². The fourth-order valence-electron chi connectivity index (χ4n) is 0.938. The third kappa shape index (κ3) is 4.04. The molecule has 1 aliphatic rings. The normalized spacial score (nSPS) is 19.1. The van der Waals surface area contributed by atoms with Crippen molar-refractivity contribution in [1.29, 1.82) is 0 Å². The molecule has 1 fully saturated rings. The van der Waals surface area contributed by atoms with E-state index in [1.165, 1.54) is 6.42 Å². The Morgan fingerprint density at radius 2 is 2.00 bits per heavy atom. The molecule has 0 radical (unpaired) electrons. The molecule has 0 aromatic heterocycles. The van der Waals surface area contributed by atoms with Gasteiger partial charge < -0.3 is 4.74 Å². The highest BCUT2D eigenvalue weighted by atomic mass is 32.2. The molecule has 0 amide bonds. The number of rotatable bonds is 5. The van der Waals surface area contributed by atoms with Crippen LogP contribution in [0.15, 0.2) is 0 Å². The zero-order valence-corrected chi connectivity index (χ0v) is 7.97. The van der Waals surface area contributed by atoms with Crippen LogP contribution in [0.1, 0.15) is 19.3 Å². The summed E-state index contributed by atoms with van der Waals surface area (Å²) in [6.07, 6.45) is 4.79. The summed E-state index contributed by atoms with van der Waals surface area (Å²) in [5, 5.41) is 0. The molecule has 0 saturated heterocycles. The summed E-state index contributed by atoms with van der Waals surface area (Å²) in [5.74, 6) is 0. The zero-order chi connectivity index (χ0) is 9.03. The molecule has 0 spiro atoms. The van der Waals surface area contributed by atoms with E-state index in [1.807, 2.05) is 0 Å². The Bertz CT molecular complexity index is 218. The Labute approximate surface area is 73.0 Å². The van der Waals surface area contributed by atoms with Crippen LogP contribution in [0.2, 0.25) is 0 Å². The molecule has 1 aliphatic carbocycles. The average molecular weight is 194 g/mol. The summed E-state index contributed by atoms with van der Waals surface area (Å²) in [4.78, 5) is 0. The van der Waals surface area contributed by atoms with Crippen LogP contribution in [-0.2, 0) is 19.0 Å². The van der Waals surface area contributed by atoms with Gasteiger partial charge in [0, 0.05) is 0 Å². The third-order valence-electron chi connectivity index (χ3n) is 1.79. The van der Waals surface area contributed by atoms with Crippen molar-refractivity contribution in [2.24, 2.45) is 0 Å². The van der Waals surface area contributed by atoms with Crippen molar-refractivity contribution in [2.45, 2.75) is 25.4 Å². The lowest BCUT2D eigenvalue weighted by molar-refractivity contribution is -0.00953. The first-order valence-corrected chi connectivity index (χ1v) is 5.85. The van der Waals surface area contributed by atoms with Crippen molar-refractivity contribution < 1.29 is 17.3 Å². The Morgan fingerprint density at radius 3 is 2.42 bits per heavy atom. The number of hydrogen-bond acceptors (Lipinski definition) is 4. The highest BCUT2D eigenvalue weighted by molar-refractivity contribution is 7.85. The third-order valence-corrected chi connectivity index (χ3v) is 2.38. The molecule has 72 valence electrons. The summed E-state index contributed by atoms with van der Waals surface area (Å²) in [7, 11) is -3.29. The molecular weight excluding hydrogens is 180 g/mol. The molecule has 0 atom stereocenters. The van der Waals surface area contributed by atoms with E-state index in [4.69, 9.17) is 4.74 Å². The SMILES string of the molecule is CS(=O)(=O)OCCOC1CCC1. The maximum absolute atomic E-state index is 10.5. The molecule has 5 heteroatoms. The molecule has 0 aromatic carbocycles. The molecule has 0 aliphatic heterocycles. The smallest absolute Gasteiger partial charge is 0.264 e. The van der Waals surface area contributed by atoms with Crippen molar-refractivity contribution in [3.8, 4) is 0 Å². The predicted octanol–water partition coefficient (Wildman–Crippen LogP) is 0.532. The molecule has 0 heterocycles. The largest absolute Gasteiger partial charge is 0.376 e. The minimum Gasteiger partial charge on any atom is -0.376 e. The Kier molecular flexibility index (Phi) is 3.49. The number of hydrogen-bond donors (Lipinski definition) is 0. The number of ether oxygens (including phenoxy) is 1. The molecule has 0 unspecified atom stereocenters. The van der Waals surface area contributed by atoms with E-state index in [0.29, 0.717) is 12.7 Å². The lowest BCUT2D eigenvalue weighted by Gasteiger charge is -2.25. The fraction of sp³-hybridized carbons (Fsp3) is 1.00. The second-order valence-corrected chi connectivity index (χ2v) is 4.59. The molecule has 4 nitrogen and oxygen atoms in total. The highest BCUT2D eigenvalue weighted by Crippen LogP contribution is 2.21. The second kappa shape index (κ2) is 4.20. The average Bonchev–Trinajstić information content (AvgIpc) is 1.80. The first-order chi connectivity index (χ1) is 5.58. The molecule has 1 saturated carbocycles. The van der Waals surface area contributed by atoms with E-state index < -0.39 is 10.1 Å². The maximum Gasteiger partial charge on any atom is 0.264 e. The van der Waals surface area contributed by atoms with Crippen LogP contribution in [0.25, 0.3) is 0 Å². The Hall–Kier alpha value is -0.130. The first kappa shape index (κ1) is 9.95. The molecule has 1 rings (SSSR count). The Balaban J connectivity index is 1.95. The van der Waals surface area contributed by atoms with Crippen LogP contribution >= 0.6 is 0 Å². The van der Waals surface area contributed by atoms with Crippen LogP contribution in [0, 0.1) is 0 Å². The molecule has 12 heavy (non-hydrogen) atoms. The van der Waals surface area contributed by atoms with E-state index in [2.05, 4.69) is 4.18 Å². The van der Waals surface area contributed by atoms with Gasteiger partial charge in [-0.25, -0.2) is 0 Å². The quantitative estimate of drug-likeness (QED) is 0.473. The summed E-state index contributed by atoms with van der Waals surface area (Å²) in [5.41, 5.74) is 0. The summed E-state index contributed by atoms with van der Waals surface area (Å²) in [6.45, 7) is 0.507. The van der Waals surface area contributed by atoms with Gasteiger partial charge in [-0.05, 0) is 19.3 Å². The standard InChI is InChI=1S/C7H14O4S/c1-12(8,9)11-6-5-10-7-3-2-4-7/h7H,2-6H2,1H3. The minimum absolute atomic E-state index is 0.134. The van der Waals surface area contributed by atoms with E-state index in [0.717, 1.165) is 19.1 Å². The first-order valence-electron chi connectivity index (χ1n) is 4.04. The summed E-state index contributed by atoms with van der Waals surface area (Å²) < 4.78 is 30.7. The van der Waals surface area contributed by atoms with Crippen LogP contribution in [0.5, 0.6) is 0 Å². The fourth-order valence-corrected chi connectivity index (χ4v) is 1.31. The molecule has 0 bridgehead atoms. The topological polar surface area (TPSA) is 52.6 Å². The minimum atomic E-state index is -3.29. The molecule has 0 N–H and O–H groups in total. The van der Waals surface area contributed by atoms with Crippen molar-refractivity contribution in [1.82, 2.24) is 0 Å². The van der Waals surface area contributed by atoms with Gasteiger partial charge in [-0.15, -0.1) is 0 Å². The van der Waals surface area contributed by atoms with Crippen molar-refractivity contribution in [3.63, 3.8) is 0 Å². The lowest BCUT2D eigenvalue weighted by Crippen LogP contribution is -2.23. The molecule has 0 aromatic rings. The lowest BCUT2D eigenvalue weighted by atomic mass is 9.96. The predicted molar refractivity (Wildman–Crippen MR) is 44.4 cm³/mol. The van der Waals surface area contributed by atoms with Crippen LogP contribution in [-0.4, -0.2) is 34.0 Å². The summed E-state index contributed by atoms with van der Waals surface area (Å²) >= 11 is 0. The van der Waals surface area contributed by atoms with Gasteiger partial charge in [-0.2, -0.15) is 8.42 Å². The van der Waals surface area contributed by atoms with Gasteiger partial charge in [0.2, 0.25) is 0 Å². The molecular formula is C7H14O4S. The van der Waals surface area contributed by atoms with Crippen molar-refractivity contribution in [2.75, 3.05) is 19.5 Å². The second-order valence-electron chi connectivity index (χ2n) is 2.95. The highest BCUT2D eigenvalue weighted by Gasteiger charge is 2.17. The maximum atomic E-state index is 10.5. The monoisotopic (exact) mass is 194 g/mol. The van der Waals surface area contributed by atoms with E-state index in [9.17, 15) is 8.42 Å². The van der Waals surface area contributed by atoms with Crippen LogP contribution in [0.3, 0.4) is 0 Å². The van der Waals surface area contributed by atoms with Gasteiger partial charge in [0.1, 0.15) is 0 Å². The van der Waals surface area contributed by atoms with Gasteiger partial charge in [-0.3, -0.25) is 4.18 Å². The van der Waals surface area contributed by atoms with E-state index in [-0.39, 0.29) is 6.61 Å². The van der Waals surface area contributed by atoms with Gasteiger partial charge >= 0.3 is 0 Å². The van der Waals surface area contributed by atoms with Gasteiger partial charge in [0.05, 0.1) is 25.6 Å². The van der Waals surface area contributed by atoms with Crippen LogP contribution in [0.4, 0.5) is 0 Å². The van der Waals surface area contributed by atoms with Gasteiger partial charge in [0.15, 0.2) is 0 Å². The van der Waals surface area contributed by atoms with Gasteiger partial charge in [0.25, 0.3) is 10.1 Å². The van der Waals surface area contributed by atoms with Crippen molar-refractivity contribution >= 4 is 10.1 Å². The Morgan fingerprint density at radius 1 is 1.33 bits per heavy atom.